The average molecular weight is 365 g/mol. The van der Waals surface area contributed by atoms with E-state index in [1.807, 2.05) is 30.3 Å². The van der Waals surface area contributed by atoms with Gasteiger partial charge < -0.3 is 30.3 Å². The third kappa shape index (κ3) is 6.78. The van der Waals surface area contributed by atoms with Crippen LogP contribution in [0.1, 0.15) is 27.7 Å². The van der Waals surface area contributed by atoms with Crippen LogP contribution in [0.5, 0.6) is 0 Å². The molecule has 0 amide bonds. The standard InChI is InChI=1S/C13H23P2.C5H5.Ni/c1-5-14(6-2)12-10-9-11-13(12)15(7-3)8-4;1-2-4-5-3-1;/h9-11H,5-8H2,1-4H3;1-5H;/q-1;-5;. The zero-order valence-corrected chi connectivity index (χ0v) is 16.4. The van der Waals surface area contributed by atoms with Crippen molar-refractivity contribution >= 4 is 26.5 Å². The molecule has 3 heteroatoms. The van der Waals surface area contributed by atoms with Crippen LogP contribution in [0, 0.1) is 0 Å². The fraction of sp³-hybridized carbons (Fsp3) is 0.444. The first kappa shape index (κ1) is 21.1. The zero-order valence-electron chi connectivity index (χ0n) is 13.7. The van der Waals surface area contributed by atoms with E-state index in [1.165, 1.54) is 24.6 Å². The van der Waals surface area contributed by atoms with Crippen molar-refractivity contribution in [3.05, 3.63) is 48.5 Å². The van der Waals surface area contributed by atoms with Crippen LogP contribution in [-0.2, 0) is 16.5 Å². The van der Waals surface area contributed by atoms with Gasteiger partial charge in [0.25, 0.3) is 0 Å². The predicted molar refractivity (Wildman–Crippen MR) is 99.3 cm³/mol. The van der Waals surface area contributed by atoms with Gasteiger partial charge in [0.1, 0.15) is 0 Å². The van der Waals surface area contributed by atoms with Gasteiger partial charge in [-0.05, 0) is 24.6 Å². The minimum atomic E-state index is 0. The van der Waals surface area contributed by atoms with E-state index in [0.717, 1.165) is 0 Å². The summed E-state index contributed by atoms with van der Waals surface area (Å²) in [7, 11) is 0.274. The molecule has 0 bridgehead atoms. The van der Waals surface area contributed by atoms with Gasteiger partial charge >= 0.3 is 0 Å². The summed E-state index contributed by atoms with van der Waals surface area (Å²) in [4.78, 5) is 0. The van der Waals surface area contributed by atoms with Crippen molar-refractivity contribution in [2.45, 2.75) is 27.7 Å². The Labute approximate surface area is 143 Å². The van der Waals surface area contributed by atoms with Gasteiger partial charge in [0.15, 0.2) is 0 Å². The van der Waals surface area contributed by atoms with Gasteiger partial charge in [-0.25, -0.2) is 12.1 Å². The van der Waals surface area contributed by atoms with Gasteiger partial charge in [-0.2, -0.15) is 6.07 Å². The molecular formula is C18H28NiP2-6. The Hall–Kier alpha value is 0.0535. The van der Waals surface area contributed by atoms with Crippen LogP contribution < -0.4 is 10.6 Å². The van der Waals surface area contributed by atoms with E-state index in [9.17, 15) is 0 Å². The molecule has 2 aromatic rings. The molecule has 0 spiro atoms. The smallest absolute Gasteiger partial charge is 0 e. The third-order valence-corrected chi connectivity index (χ3v) is 8.91. The van der Waals surface area contributed by atoms with Gasteiger partial charge in [-0.15, -0.1) is 26.5 Å². The summed E-state index contributed by atoms with van der Waals surface area (Å²) in [5.74, 6) is 0. The van der Waals surface area contributed by atoms with E-state index < -0.39 is 0 Å². The van der Waals surface area contributed by atoms with Crippen molar-refractivity contribution in [3.63, 3.8) is 0 Å². The van der Waals surface area contributed by atoms with Crippen LogP contribution in [0.25, 0.3) is 0 Å². The van der Waals surface area contributed by atoms with Crippen molar-refractivity contribution < 1.29 is 16.5 Å². The van der Waals surface area contributed by atoms with Crippen LogP contribution in [0.4, 0.5) is 0 Å². The van der Waals surface area contributed by atoms with E-state index in [0.29, 0.717) is 0 Å². The third-order valence-electron chi connectivity index (χ3n) is 3.53. The van der Waals surface area contributed by atoms with Crippen molar-refractivity contribution in [1.29, 1.82) is 0 Å². The summed E-state index contributed by atoms with van der Waals surface area (Å²) >= 11 is 0. The molecule has 21 heavy (non-hydrogen) atoms. The molecule has 0 radical (unpaired) electrons. The number of hydrogen-bond donors (Lipinski definition) is 0. The molecule has 0 saturated heterocycles. The minimum Gasteiger partial charge on any atom is -0.748 e. The van der Waals surface area contributed by atoms with E-state index in [2.05, 4.69) is 45.9 Å². The summed E-state index contributed by atoms with van der Waals surface area (Å²) in [5.41, 5.74) is 0. The summed E-state index contributed by atoms with van der Waals surface area (Å²) in [5, 5.41) is 3.43. The molecule has 0 aromatic heterocycles. The molecule has 0 heterocycles. The Morgan fingerprint density at radius 2 is 1.33 bits per heavy atom. The van der Waals surface area contributed by atoms with Crippen LogP contribution in [0.2, 0.25) is 0 Å². The predicted octanol–water partition coefficient (Wildman–Crippen LogP) is 5.10. The molecule has 2 rings (SSSR count). The largest absolute Gasteiger partial charge is 0.748 e. The minimum absolute atomic E-state index is 0. The Morgan fingerprint density at radius 3 is 1.71 bits per heavy atom. The fourth-order valence-electron chi connectivity index (χ4n) is 2.39. The van der Waals surface area contributed by atoms with Crippen molar-refractivity contribution in [3.8, 4) is 0 Å². The molecule has 0 aliphatic carbocycles. The number of rotatable bonds is 6. The van der Waals surface area contributed by atoms with Gasteiger partial charge in [0.05, 0.1) is 0 Å². The molecule has 0 aliphatic heterocycles. The normalized spacial score (nSPS) is 10.2. The topological polar surface area (TPSA) is 0 Å². The Morgan fingerprint density at radius 1 is 0.857 bits per heavy atom. The second kappa shape index (κ2) is 12.6. The second-order valence-corrected chi connectivity index (χ2v) is 10.3. The molecule has 0 saturated carbocycles. The van der Waals surface area contributed by atoms with Gasteiger partial charge in [0, 0.05) is 16.5 Å². The average Bonchev–Trinajstić information content (AvgIpc) is 3.16. The zero-order chi connectivity index (χ0) is 14.8. The Balaban J connectivity index is 0.000000562. The molecule has 0 N–H and O–H groups in total. The van der Waals surface area contributed by atoms with Gasteiger partial charge in [0.2, 0.25) is 0 Å². The molecule has 0 atom stereocenters. The Bertz CT molecular complexity index is 382. The molecule has 0 nitrogen and oxygen atoms in total. The first-order valence-electron chi connectivity index (χ1n) is 7.70. The van der Waals surface area contributed by atoms with Crippen molar-refractivity contribution in [1.82, 2.24) is 0 Å². The molecule has 0 fully saturated rings. The first-order chi connectivity index (χ1) is 9.78. The maximum Gasteiger partial charge on any atom is 0 e. The Kier molecular flexibility index (Phi) is 12.6. The first-order valence-corrected chi connectivity index (χ1v) is 11.1. The number of hydrogen-bond acceptors (Lipinski definition) is 0. The van der Waals surface area contributed by atoms with E-state index in [4.69, 9.17) is 0 Å². The van der Waals surface area contributed by atoms with Crippen LogP contribution in [-0.4, -0.2) is 24.6 Å². The van der Waals surface area contributed by atoms with Gasteiger partial charge in [-0.3, -0.25) is 0 Å². The van der Waals surface area contributed by atoms with E-state index in [-0.39, 0.29) is 32.3 Å². The molecule has 0 aliphatic rings. The summed E-state index contributed by atoms with van der Waals surface area (Å²) < 4.78 is 0. The molecule has 0 unspecified atom stereocenters. The SMILES string of the molecule is CCP(CC)c1ccc[c-]1P(CC)CC.[Ni].[cH-]1[cH-][cH-][cH-][cH-]1. The quantitative estimate of drug-likeness (QED) is 0.380. The van der Waals surface area contributed by atoms with Crippen LogP contribution >= 0.6 is 15.8 Å². The summed E-state index contributed by atoms with van der Waals surface area (Å²) in [6.45, 7) is 9.36. The maximum absolute atomic E-state index is 2.38. The maximum atomic E-state index is 2.38. The second-order valence-electron chi connectivity index (χ2n) is 4.60. The fourth-order valence-corrected chi connectivity index (χ4v) is 6.88. The van der Waals surface area contributed by atoms with E-state index in [1.54, 1.807) is 10.6 Å². The van der Waals surface area contributed by atoms with Crippen LogP contribution in [0.15, 0.2) is 48.5 Å². The van der Waals surface area contributed by atoms with Crippen LogP contribution in [0.3, 0.4) is 0 Å². The van der Waals surface area contributed by atoms with Crippen molar-refractivity contribution in [2.24, 2.45) is 0 Å². The summed E-state index contributed by atoms with van der Waals surface area (Å²) in [6, 6.07) is 17.0. The molecule has 126 valence electrons. The van der Waals surface area contributed by atoms with Crippen molar-refractivity contribution in [2.75, 3.05) is 24.6 Å². The molecule has 2 aromatic carbocycles. The monoisotopic (exact) mass is 364 g/mol. The van der Waals surface area contributed by atoms with E-state index >= 15 is 0 Å². The summed E-state index contributed by atoms with van der Waals surface area (Å²) in [6.07, 6.45) is 5.39. The molecular weight excluding hydrogens is 337 g/mol. The van der Waals surface area contributed by atoms with Gasteiger partial charge in [-0.1, -0.05) is 27.7 Å².